The van der Waals surface area contributed by atoms with Crippen LogP contribution < -0.4 is 0 Å². The van der Waals surface area contributed by atoms with Gasteiger partial charge >= 0.3 is 11.9 Å². The number of carbonyl (C=O) groups excluding carboxylic acids is 2. The Bertz CT molecular complexity index is 374. The molecule has 4 nitrogen and oxygen atoms in total. The molecule has 0 fully saturated rings. The Morgan fingerprint density at radius 1 is 0.913 bits per heavy atom. The average molecular weight is 328 g/mol. The Kier molecular flexibility index (Phi) is 8.86. The van der Waals surface area contributed by atoms with Crippen LogP contribution >= 0.6 is 0 Å². The molecule has 0 rings (SSSR count). The van der Waals surface area contributed by atoms with E-state index in [0.717, 1.165) is 6.42 Å². The van der Waals surface area contributed by atoms with E-state index in [0.29, 0.717) is 25.6 Å². The van der Waals surface area contributed by atoms with Gasteiger partial charge in [0, 0.05) is 0 Å². The quantitative estimate of drug-likeness (QED) is 0.611. The summed E-state index contributed by atoms with van der Waals surface area (Å²) in [6.45, 7) is 17.0. The molecule has 0 saturated carbocycles. The lowest BCUT2D eigenvalue weighted by Crippen LogP contribution is -2.28. The van der Waals surface area contributed by atoms with Crippen molar-refractivity contribution >= 4 is 11.9 Å². The van der Waals surface area contributed by atoms with Gasteiger partial charge in [0.05, 0.1) is 25.6 Å². The van der Waals surface area contributed by atoms with Crippen LogP contribution in [0.4, 0.5) is 0 Å². The molecule has 0 bridgehead atoms. The van der Waals surface area contributed by atoms with Gasteiger partial charge in [0.1, 0.15) is 0 Å². The molecule has 2 unspecified atom stereocenters. The van der Waals surface area contributed by atoms with Gasteiger partial charge in [0.2, 0.25) is 0 Å². The molecule has 0 amide bonds. The summed E-state index contributed by atoms with van der Waals surface area (Å²) >= 11 is 0. The van der Waals surface area contributed by atoms with E-state index in [-0.39, 0.29) is 29.2 Å². The normalized spacial score (nSPS) is 15.0. The maximum Gasteiger partial charge on any atom is 0.309 e. The molecule has 0 heterocycles. The average Bonchev–Trinajstić information content (AvgIpc) is 2.40. The Labute approximate surface area is 142 Å². The summed E-state index contributed by atoms with van der Waals surface area (Å²) in [4.78, 5) is 24.4. The van der Waals surface area contributed by atoms with E-state index in [2.05, 4.69) is 13.8 Å². The first-order valence-corrected chi connectivity index (χ1v) is 8.66. The Morgan fingerprint density at radius 2 is 1.39 bits per heavy atom. The Hall–Kier alpha value is -1.06. The highest BCUT2D eigenvalue weighted by atomic mass is 16.5. The van der Waals surface area contributed by atoms with Gasteiger partial charge in [0.15, 0.2) is 0 Å². The summed E-state index contributed by atoms with van der Waals surface area (Å²) in [7, 11) is 0. The fourth-order valence-electron chi connectivity index (χ4n) is 1.88. The van der Waals surface area contributed by atoms with Gasteiger partial charge in [-0.05, 0) is 23.2 Å². The zero-order valence-electron chi connectivity index (χ0n) is 16.3. The summed E-state index contributed by atoms with van der Waals surface area (Å²) in [6.07, 6.45) is 1.73. The zero-order chi connectivity index (χ0) is 18.3. The zero-order valence-corrected chi connectivity index (χ0v) is 16.3. The third-order valence-corrected chi connectivity index (χ3v) is 3.44. The van der Waals surface area contributed by atoms with E-state index in [1.165, 1.54) is 0 Å². The number of carbonyl (C=O) groups is 2. The molecule has 0 aliphatic carbocycles. The van der Waals surface area contributed by atoms with Crippen LogP contribution in [-0.4, -0.2) is 25.2 Å². The fraction of sp³-hybridized carbons (Fsp3) is 0.895. The van der Waals surface area contributed by atoms with Crippen molar-refractivity contribution in [3.63, 3.8) is 0 Å². The third kappa shape index (κ3) is 12.1. The second kappa shape index (κ2) is 9.29. The first-order chi connectivity index (χ1) is 10.3. The molecule has 0 N–H and O–H groups in total. The van der Waals surface area contributed by atoms with Crippen LogP contribution in [0.2, 0.25) is 0 Å². The topological polar surface area (TPSA) is 52.6 Å². The van der Waals surface area contributed by atoms with Crippen LogP contribution in [0.1, 0.15) is 74.7 Å². The molecule has 136 valence electrons. The minimum absolute atomic E-state index is 0.0748. The highest BCUT2D eigenvalue weighted by Gasteiger charge is 2.27. The van der Waals surface area contributed by atoms with Gasteiger partial charge in [-0.15, -0.1) is 0 Å². The number of hydrogen-bond acceptors (Lipinski definition) is 4. The molecule has 0 aromatic carbocycles. The van der Waals surface area contributed by atoms with E-state index in [1.54, 1.807) is 0 Å². The summed E-state index contributed by atoms with van der Waals surface area (Å²) in [5, 5.41) is 0. The van der Waals surface area contributed by atoms with Crippen molar-refractivity contribution in [3.05, 3.63) is 0 Å². The van der Waals surface area contributed by atoms with Crippen molar-refractivity contribution in [3.8, 4) is 0 Å². The van der Waals surface area contributed by atoms with Crippen LogP contribution in [0.3, 0.4) is 0 Å². The van der Waals surface area contributed by atoms with Crippen LogP contribution in [0.5, 0.6) is 0 Å². The molecule has 0 saturated heterocycles. The van der Waals surface area contributed by atoms with Crippen LogP contribution in [0, 0.1) is 22.7 Å². The van der Waals surface area contributed by atoms with Crippen molar-refractivity contribution in [2.45, 2.75) is 74.7 Å². The molecule has 2 atom stereocenters. The minimum atomic E-state index is -0.417. The maximum absolute atomic E-state index is 12.3. The molecule has 23 heavy (non-hydrogen) atoms. The van der Waals surface area contributed by atoms with Gasteiger partial charge in [-0.1, -0.05) is 61.8 Å². The second-order valence-corrected chi connectivity index (χ2v) is 9.04. The number of hydrogen-bond donors (Lipinski definition) is 0. The van der Waals surface area contributed by atoms with E-state index < -0.39 is 5.92 Å². The molecule has 0 aromatic rings. The van der Waals surface area contributed by atoms with Gasteiger partial charge in [-0.25, -0.2) is 0 Å². The SMILES string of the molecule is CCC(C)CC(CC(=O)OCC(C)(C)C)C(=O)OCC(C)(C)C. The summed E-state index contributed by atoms with van der Waals surface area (Å²) in [6, 6.07) is 0. The Balaban J connectivity index is 4.67. The van der Waals surface area contributed by atoms with E-state index >= 15 is 0 Å². The predicted molar refractivity (Wildman–Crippen MR) is 93.0 cm³/mol. The summed E-state index contributed by atoms with van der Waals surface area (Å²) < 4.78 is 10.7. The van der Waals surface area contributed by atoms with Crippen molar-refractivity contribution in [2.75, 3.05) is 13.2 Å². The molecular weight excluding hydrogens is 292 g/mol. The molecule has 0 aliphatic heterocycles. The minimum Gasteiger partial charge on any atom is -0.465 e. The molecule has 0 spiro atoms. The molecule has 0 aromatic heterocycles. The molecule has 4 heteroatoms. The standard InChI is InChI=1S/C19H36O4/c1-9-14(2)10-15(17(21)23-13-19(6,7)8)11-16(20)22-12-18(3,4)5/h14-15H,9-13H2,1-8H3. The Morgan fingerprint density at radius 3 is 1.83 bits per heavy atom. The maximum atomic E-state index is 12.3. The molecule has 0 radical (unpaired) electrons. The lowest BCUT2D eigenvalue weighted by molar-refractivity contribution is -0.158. The van der Waals surface area contributed by atoms with Gasteiger partial charge < -0.3 is 9.47 Å². The smallest absolute Gasteiger partial charge is 0.309 e. The molecule has 0 aliphatic rings. The van der Waals surface area contributed by atoms with Gasteiger partial charge in [0.25, 0.3) is 0 Å². The molecular formula is C19H36O4. The van der Waals surface area contributed by atoms with Crippen LogP contribution in [0.25, 0.3) is 0 Å². The van der Waals surface area contributed by atoms with E-state index in [4.69, 9.17) is 9.47 Å². The first-order valence-electron chi connectivity index (χ1n) is 8.66. The van der Waals surface area contributed by atoms with Crippen molar-refractivity contribution in [2.24, 2.45) is 22.7 Å². The highest BCUT2D eigenvalue weighted by molar-refractivity contribution is 5.80. The highest BCUT2D eigenvalue weighted by Crippen LogP contribution is 2.23. The fourth-order valence-corrected chi connectivity index (χ4v) is 1.88. The summed E-state index contributed by atoms with van der Waals surface area (Å²) in [5.41, 5.74) is -0.155. The summed E-state index contributed by atoms with van der Waals surface area (Å²) in [5.74, 6) is -0.647. The number of rotatable bonds is 8. The van der Waals surface area contributed by atoms with E-state index in [9.17, 15) is 9.59 Å². The van der Waals surface area contributed by atoms with Gasteiger partial charge in [-0.2, -0.15) is 0 Å². The van der Waals surface area contributed by atoms with Crippen molar-refractivity contribution in [1.82, 2.24) is 0 Å². The van der Waals surface area contributed by atoms with Crippen LogP contribution in [-0.2, 0) is 19.1 Å². The van der Waals surface area contributed by atoms with Crippen molar-refractivity contribution in [1.29, 1.82) is 0 Å². The monoisotopic (exact) mass is 328 g/mol. The lowest BCUT2D eigenvalue weighted by Gasteiger charge is -2.23. The van der Waals surface area contributed by atoms with Crippen LogP contribution in [0.15, 0.2) is 0 Å². The van der Waals surface area contributed by atoms with Gasteiger partial charge in [-0.3, -0.25) is 9.59 Å². The third-order valence-electron chi connectivity index (χ3n) is 3.44. The second-order valence-electron chi connectivity index (χ2n) is 9.04. The number of ether oxygens (including phenoxy) is 2. The predicted octanol–water partition coefficient (Wildman–Crippen LogP) is 4.61. The van der Waals surface area contributed by atoms with Crippen molar-refractivity contribution < 1.29 is 19.1 Å². The van der Waals surface area contributed by atoms with E-state index in [1.807, 2.05) is 41.5 Å². The lowest BCUT2D eigenvalue weighted by atomic mass is 9.91. The first kappa shape index (κ1) is 21.9. The largest absolute Gasteiger partial charge is 0.465 e. The number of esters is 2.